The molecule has 0 aliphatic carbocycles. The van der Waals surface area contributed by atoms with Gasteiger partial charge in [0.1, 0.15) is 12.3 Å². The zero-order valence-corrected chi connectivity index (χ0v) is 18.9. The molecule has 0 spiro atoms. The van der Waals surface area contributed by atoms with E-state index in [1.54, 1.807) is 6.08 Å². The summed E-state index contributed by atoms with van der Waals surface area (Å²) in [5.74, 6) is -0.131. The van der Waals surface area contributed by atoms with Gasteiger partial charge in [0, 0.05) is 5.69 Å². The average molecular weight is 439 g/mol. The summed E-state index contributed by atoms with van der Waals surface area (Å²) < 4.78 is 5.75. The van der Waals surface area contributed by atoms with Gasteiger partial charge in [-0.2, -0.15) is 0 Å². The first-order chi connectivity index (χ1) is 14.7. The van der Waals surface area contributed by atoms with E-state index < -0.39 is 17.1 Å². The fourth-order valence-electron chi connectivity index (χ4n) is 3.14. The lowest BCUT2D eigenvalue weighted by atomic mass is 10.1. The number of benzene rings is 2. The summed E-state index contributed by atoms with van der Waals surface area (Å²) in [7, 11) is 0. The highest BCUT2D eigenvalue weighted by molar-refractivity contribution is 8.18. The summed E-state index contributed by atoms with van der Waals surface area (Å²) in [6, 6.07) is 13.0. The summed E-state index contributed by atoms with van der Waals surface area (Å²) in [5.41, 5.74) is 3.46. The van der Waals surface area contributed by atoms with Gasteiger partial charge in [0.15, 0.2) is 0 Å². The molecular weight excluding hydrogens is 412 g/mol. The van der Waals surface area contributed by atoms with Crippen molar-refractivity contribution < 1.29 is 19.1 Å². The van der Waals surface area contributed by atoms with Crippen LogP contribution in [0.5, 0.6) is 5.75 Å². The van der Waals surface area contributed by atoms with Crippen LogP contribution in [0.15, 0.2) is 47.4 Å². The quantitative estimate of drug-likeness (QED) is 0.605. The van der Waals surface area contributed by atoms with Crippen molar-refractivity contribution in [3.63, 3.8) is 0 Å². The molecule has 1 aliphatic rings. The van der Waals surface area contributed by atoms with E-state index in [4.69, 9.17) is 4.74 Å². The number of imide groups is 1. The van der Waals surface area contributed by atoms with Crippen molar-refractivity contribution in [2.24, 2.45) is 0 Å². The third kappa shape index (κ3) is 5.98. The normalized spacial score (nSPS) is 16.0. The monoisotopic (exact) mass is 438 g/mol. The Hall–Kier alpha value is -3.06. The molecule has 162 valence electrons. The summed E-state index contributed by atoms with van der Waals surface area (Å²) in [6.45, 7) is 7.61. The summed E-state index contributed by atoms with van der Waals surface area (Å²) in [4.78, 5) is 38.7. The van der Waals surface area contributed by atoms with E-state index in [1.165, 1.54) is 0 Å². The molecule has 1 N–H and O–H groups in total. The first-order valence-corrected chi connectivity index (χ1v) is 11.0. The van der Waals surface area contributed by atoms with Crippen LogP contribution in [0.2, 0.25) is 0 Å². The number of rotatable bonds is 7. The number of nitrogens with one attached hydrogen (secondary N) is 1. The maximum Gasteiger partial charge on any atom is 0.294 e. The van der Waals surface area contributed by atoms with Crippen LogP contribution >= 0.6 is 11.8 Å². The van der Waals surface area contributed by atoms with E-state index in [2.05, 4.69) is 12.2 Å². The molecule has 0 saturated carbocycles. The maximum absolute atomic E-state index is 12.7. The number of nitrogens with zero attached hydrogens (tertiary/aromatic N) is 1. The number of hydrogen-bond acceptors (Lipinski definition) is 5. The Balaban J connectivity index is 1.65. The Kier molecular flexibility index (Phi) is 7.17. The van der Waals surface area contributed by atoms with E-state index in [1.807, 2.05) is 63.2 Å². The zero-order valence-electron chi connectivity index (χ0n) is 18.1. The highest BCUT2D eigenvalue weighted by Gasteiger charge is 2.36. The van der Waals surface area contributed by atoms with Crippen LogP contribution in [0, 0.1) is 13.8 Å². The Labute approximate surface area is 186 Å². The van der Waals surface area contributed by atoms with Crippen LogP contribution in [0.4, 0.5) is 10.5 Å². The Morgan fingerprint density at radius 2 is 1.77 bits per heavy atom. The molecule has 0 unspecified atom stereocenters. The molecule has 31 heavy (non-hydrogen) atoms. The van der Waals surface area contributed by atoms with Crippen LogP contribution in [-0.4, -0.2) is 34.6 Å². The fourth-order valence-corrected chi connectivity index (χ4v) is 3.98. The Morgan fingerprint density at radius 1 is 1.13 bits per heavy atom. The van der Waals surface area contributed by atoms with Crippen LogP contribution in [0.1, 0.15) is 37.0 Å². The number of aryl methyl sites for hydroxylation is 2. The fraction of sp³-hybridized carbons (Fsp3) is 0.292. The molecule has 0 aromatic heterocycles. The lowest BCUT2D eigenvalue weighted by Gasteiger charge is -2.13. The highest BCUT2D eigenvalue weighted by atomic mass is 32.2. The van der Waals surface area contributed by atoms with E-state index in [9.17, 15) is 14.4 Å². The molecule has 1 saturated heterocycles. The molecule has 1 aliphatic heterocycles. The summed E-state index contributed by atoms with van der Waals surface area (Å²) >= 11 is 0.836. The lowest BCUT2D eigenvalue weighted by molar-refractivity contribution is -0.127. The van der Waals surface area contributed by atoms with Crippen LogP contribution in [0.3, 0.4) is 0 Å². The topological polar surface area (TPSA) is 75.7 Å². The average Bonchev–Trinajstić information content (AvgIpc) is 2.96. The number of carbonyl (C=O) groups excluding carboxylic acids is 3. The van der Waals surface area contributed by atoms with Gasteiger partial charge in [-0.25, -0.2) is 0 Å². The number of carbonyl (C=O) groups is 3. The van der Waals surface area contributed by atoms with Gasteiger partial charge in [0.25, 0.3) is 11.1 Å². The van der Waals surface area contributed by atoms with Crippen LogP contribution in [-0.2, 0) is 9.59 Å². The smallest absolute Gasteiger partial charge is 0.294 e. The third-order valence-electron chi connectivity index (χ3n) is 4.77. The van der Waals surface area contributed by atoms with Crippen molar-refractivity contribution in [3.05, 3.63) is 64.1 Å². The van der Waals surface area contributed by atoms with Crippen molar-refractivity contribution in [3.8, 4) is 5.75 Å². The van der Waals surface area contributed by atoms with Crippen molar-refractivity contribution in [1.82, 2.24) is 4.90 Å². The van der Waals surface area contributed by atoms with Gasteiger partial charge in [-0.3, -0.25) is 19.3 Å². The first-order valence-electron chi connectivity index (χ1n) is 10.2. The summed E-state index contributed by atoms with van der Waals surface area (Å²) in [5, 5.41) is 2.30. The predicted molar refractivity (Wildman–Crippen MR) is 124 cm³/mol. The van der Waals surface area contributed by atoms with E-state index in [0.29, 0.717) is 10.6 Å². The van der Waals surface area contributed by atoms with Gasteiger partial charge < -0.3 is 10.1 Å². The van der Waals surface area contributed by atoms with E-state index in [0.717, 1.165) is 45.5 Å². The molecule has 3 amide bonds. The van der Waals surface area contributed by atoms with E-state index in [-0.39, 0.29) is 12.6 Å². The minimum absolute atomic E-state index is 0.122. The predicted octanol–water partition coefficient (Wildman–Crippen LogP) is 5.16. The first kappa shape index (κ1) is 22.6. The molecule has 1 atom stereocenters. The lowest BCUT2D eigenvalue weighted by Crippen LogP contribution is -2.36. The third-order valence-corrected chi connectivity index (χ3v) is 5.68. The van der Waals surface area contributed by atoms with Gasteiger partial charge in [0.2, 0.25) is 5.91 Å². The zero-order chi connectivity index (χ0) is 22.5. The molecule has 2 aromatic carbocycles. The van der Waals surface area contributed by atoms with Gasteiger partial charge in [-0.15, -0.1) is 0 Å². The standard InChI is InChI=1S/C24H26N2O4S/c1-5-17(4)30-20-8-6-18(7-9-20)13-21-23(28)26(24(29)31-21)14-22(27)25-19-11-15(2)10-16(3)12-19/h6-13,17H,5,14H2,1-4H3,(H,25,27)/b21-13-/t17-/m0/s1. The molecule has 0 bridgehead atoms. The van der Waals surface area contributed by atoms with Crippen molar-refractivity contribution in [2.75, 3.05) is 11.9 Å². The second kappa shape index (κ2) is 9.83. The molecule has 7 heteroatoms. The number of hydrogen-bond donors (Lipinski definition) is 1. The number of ether oxygens (including phenoxy) is 1. The summed E-state index contributed by atoms with van der Waals surface area (Å²) in [6.07, 6.45) is 2.68. The van der Waals surface area contributed by atoms with Crippen LogP contribution in [0.25, 0.3) is 6.08 Å². The number of amides is 3. The van der Waals surface area contributed by atoms with Gasteiger partial charge in [-0.1, -0.05) is 25.1 Å². The molecule has 0 radical (unpaired) electrons. The molecule has 3 rings (SSSR count). The minimum Gasteiger partial charge on any atom is -0.491 e. The molecule has 1 fully saturated rings. The van der Waals surface area contributed by atoms with E-state index >= 15 is 0 Å². The van der Waals surface area contributed by atoms with Crippen molar-refractivity contribution in [1.29, 1.82) is 0 Å². The Bertz CT molecular complexity index is 1010. The van der Waals surface area contributed by atoms with Crippen molar-refractivity contribution in [2.45, 2.75) is 40.2 Å². The van der Waals surface area contributed by atoms with Crippen LogP contribution < -0.4 is 10.1 Å². The number of anilines is 1. The van der Waals surface area contributed by atoms with Gasteiger partial charge >= 0.3 is 0 Å². The largest absolute Gasteiger partial charge is 0.491 e. The molecule has 2 aromatic rings. The second-order valence-corrected chi connectivity index (χ2v) is 8.59. The number of thioether (sulfide) groups is 1. The molecule has 6 nitrogen and oxygen atoms in total. The van der Waals surface area contributed by atoms with Crippen molar-refractivity contribution >= 4 is 40.6 Å². The Morgan fingerprint density at radius 3 is 2.39 bits per heavy atom. The molecular formula is C24H26N2O4S. The van der Waals surface area contributed by atoms with Gasteiger partial charge in [-0.05, 0) is 86.0 Å². The SMILES string of the molecule is CC[C@H](C)Oc1ccc(/C=C2\SC(=O)N(CC(=O)Nc3cc(C)cc(C)c3)C2=O)cc1. The van der Waals surface area contributed by atoms with Gasteiger partial charge in [0.05, 0.1) is 11.0 Å². The maximum atomic E-state index is 12.7. The second-order valence-electron chi connectivity index (χ2n) is 7.60. The minimum atomic E-state index is -0.467. The molecule has 1 heterocycles. The highest BCUT2D eigenvalue weighted by Crippen LogP contribution is 2.32.